The van der Waals surface area contributed by atoms with Gasteiger partial charge in [-0.1, -0.05) is 36.7 Å². The fraction of sp³-hybridized carbons (Fsp3) is 0.259. The van der Waals surface area contributed by atoms with Gasteiger partial charge < -0.3 is 15.3 Å². The van der Waals surface area contributed by atoms with Crippen LogP contribution in [0.5, 0.6) is 0 Å². The first-order valence-corrected chi connectivity index (χ1v) is 11.7. The number of halogens is 4. The predicted octanol–water partition coefficient (Wildman–Crippen LogP) is 7.09. The summed E-state index contributed by atoms with van der Waals surface area (Å²) in [5.41, 5.74) is 1.64. The number of carboxylic acid groups (broad SMARTS) is 1. The molecular formula is C27H26ClF3N2O3. The number of carbonyl (C=O) groups excluding carboxylic acids is 1. The van der Waals surface area contributed by atoms with Crippen molar-refractivity contribution in [2.45, 2.75) is 39.4 Å². The van der Waals surface area contributed by atoms with E-state index in [1.807, 2.05) is 38.1 Å². The van der Waals surface area contributed by atoms with E-state index in [0.717, 1.165) is 35.5 Å². The number of aryl methyl sites for hydroxylation is 1. The molecule has 9 heteroatoms. The number of nitrogens with one attached hydrogen (secondary N) is 1. The smallest absolute Gasteiger partial charge is 0.417 e. The van der Waals surface area contributed by atoms with Gasteiger partial charge in [-0.25, -0.2) is 0 Å². The molecule has 0 aliphatic carbocycles. The zero-order valence-corrected chi connectivity index (χ0v) is 20.7. The standard InChI is InChI=1S/C27H26ClF3N2O3/c1-4-12-33(21-9-11-24(28)16(2)13-21)20-7-5-6-18(14-20)19-8-10-22(23(15-19)27(29,30)31)25(34)32-17(3)26(35)36/h5-11,13-15,17H,4,12H2,1-3H3,(H,32,34)(H,35,36)/t17-/m0/s1. The molecular weight excluding hydrogens is 493 g/mol. The normalized spacial score (nSPS) is 12.2. The minimum absolute atomic E-state index is 0.274. The van der Waals surface area contributed by atoms with Gasteiger partial charge >= 0.3 is 12.1 Å². The number of amides is 1. The minimum Gasteiger partial charge on any atom is -0.480 e. The van der Waals surface area contributed by atoms with Gasteiger partial charge in [-0.2, -0.15) is 13.2 Å². The molecule has 0 aromatic heterocycles. The van der Waals surface area contributed by atoms with Crippen LogP contribution >= 0.6 is 11.6 Å². The summed E-state index contributed by atoms with van der Waals surface area (Å²) in [5, 5.41) is 11.7. The van der Waals surface area contributed by atoms with E-state index in [4.69, 9.17) is 16.7 Å². The molecule has 0 spiro atoms. The molecule has 0 radical (unpaired) electrons. The zero-order chi connectivity index (χ0) is 26.6. The van der Waals surface area contributed by atoms with E-state index in [-0.39, 0.29) is 5.56 Å². The van der Waals surface area contributed by atoms with Crippen LogP contribution in [0.25, 0.3) is 11.1 Å². The number of hydrogen-bond donors (Lipinski definition) is 2. The molecule has 0 saturated carbocycles. The Kier molecular flexibility index (Phi) is 8.30. The van der Waals surface area contributed by atoms with Gasteiger partial charge in [-0.05, 0) is 79.4 Å². The van der Waals surface area contributed by atoms with Gasteiger partial charge in [0.25, 0.3) is 5.91 Å². The third-order valence-corrected chi connectivity index (χ3v) is 6.10. The van der Waals surface area contributed by atoms with Crippen molar-refractivity contribution in [3.63, 3.8) is 0 Å². The first-order chi connectivity index (χ1) is 16.9. The van der Waals surface area contributed by atoms with Crippen molar-refractivity contribution >= 4 is 34.9 Å². The Morgan fingerprint density at radius 3 is 2.31 bits per heavy atom. The van der Waals surface area contributed by atoms with E-state index in [9.17, 15) is 22.8 Å². The summed E-state index contributed by atoms with van der Waals surface area (Å²) in [6.07, 6.45) is -3.98. The number of carboxylic acids is 1. The van der Waals surface area contributed by atoms with Crippen LogP contribution in [0, 0.1) is 6.92 Å². The molecule has 3 aromatic rings. The number of nitrogens with zero attached hydrogens (tertiary/aromatic N) is 1. The summed E-state index contributed by atoms with van der Waals surface area (Å²) in [6, 6.07) is 14.9. The molecule has 2 N–H and O–H groups in total. The largest absolute Gasteiger partial charge is 0.480 e. The molecule has 0 saturated heterocycles. The van der Waals surface area contributed by atoms with Crippen LogP contribution in [0.2, 0.25) is 5.02 Å². The third-order valence-electron chi connectivity index (χ3n) is 5.68. The highest BCUT2D eigenvalue weighted by atomic mass is 35.5. The monoisotopic (exact) mass is 518 g/mol. The summed E-state index contributed by atoms with van der Waals surface area (Å²) in [6.45, 7) is 5.79. The Morgan fingerprint density at radius 1 is 1.03 bits per heavy atom. The number of alkyl halides is 3. The Balaban J connectivity index is 2.04. The zero-order valence-electron chi connectivity index (χ0n) is 20.0. The maximum Gasteiger partial charge on any atom is 0.417 e. The van der Waals surface area contributed by atoms with Crippen LogP contribution in [0.3, 0.4) is 0 Å². The van der Waals surface area contributed by atoms with E-state index in [0.29, 0.717) is 17.1 Å². The van der Waals surface area contributed by atoms with E-state index >= 15 is 0 Å². The van der Waals surface area contributed by atoms with E-state index in [2.05, 4.69) is 10.2 Å². The molecule has 0 unspecified atom stereocenters. The van der Waals surface area contributed by atoms with Crippen LogP contribution in [0.1, 0.15) is 41.8 Å². The maximum atomic E-state index is 13.9. The van der Waals surface area contributed by atoms with E-state index in [1.165, 1.54) is 13.0 Å². The summed E-state index contributed by atoms with van der Waals surface area (Å²) in [7, 11) is 0. The fourth-order valence-electron chi connectivity index (χ4n) is 3.77. The quantitative estimate of drug-likeness (QED) is 0.334. The van der Waals surface area contributed by atoms with Crippen molar-refractivity contribution in [1.82, 2.24) is 5.32 Å². The number of carbonyl (C=O) groups is 2. The van der Waals surface area contributed by atoms with Crippen molar-refractivity contribution in [2.75, 3.05) is 11.4 Å². The second-order valence-corrected chi connectivity index (χ2v) is 8.83. The molecule has 0 heterocycles. The summed E-state index contributed by atoms with van der Waals surface area (Å²) in [5.74, 6) is -2.46. The molecule has 190 valence electrons. The number of benzene rings is 3. The lowest BCUT2D eigenvalue weighted by Gasteiger charge is -2.26. The van der Waals surface area contributed by atoms with Gasteiger partial charge in [0.1, 0.15) is 6.04 Å². The lowest BCUT2D eigenvalue weighted by atomic mass is 9.97. The molecule has 36 heavy (non-hydrogen) atoms. The first kappa shape index (κ1) is 27.1. The molecule has 1 amide bonds. The van der Waals surface area contributed by atoms with Crippen molar-refractivity contribution < 1.29 is 27.9 Å². The molecule has 1 atom stereocenters. The number of aliphatic carboxylic acids is 1. The molecule has 0 aliphatic heterocycles. The number of hydrogen-bond acceptors (Lipinski definition) is 3. The second-order valence-electron chi connectivity index (χ2n) is 8.43. The number of anilines is 2. The fourth-order valence-corrected chi connectivity index (χ4v) is 3.89. The van der Waals surface area contributed by atoms with Gasteiger partial charge in [0.2, 0.25) is 0 Å². The van der Waals surface area contributed by atoms with Gasteiger partial charge in [0, 0.05) is 22.9 Å². The predicted molar refractivity (Wildman–Crippen MR) is 135 cm³/mol. The molecule has 5 nitrogen and oxygen atoms in total. The van der Waals surface area contributed by atoms with Crippen molar-refractivity contribution in [1.29, 1.82) is 0 Å². The van der Waals surface area contributed by atoms with Crippen LogP contribution in [-0.2, 0) is 11.0 Å². The Morgan fingerprint density at radius 2 is 1.69 bits per heavy atom. The Hall–Kier alpha value is -3.52. The second kappa shape index (κ2) is 11.0. The van der Waals surface area contributed by atoms with E-state index in [1.54, 1.807) is 18.2 Å². The molecule has 0 bridgehead atoms. The molecule has 3 aromatic carbocycles. The lowest BCUT2D eigenvalue weighted by molar-refractivity contribution is -0.138. The highest BCUT2D eigenvalue weighted by molar-refractivity contribution is 6.31. The van der Waals surface area contributed by atoms with Crippen LogP contribution in [0.15, 0.2) is 60.7 Å². The third kappa shape index (κ3) is 6.18. The summed E-state index contributed by atoms with van der Waals surface area (Å²) < 4.78 is 41.7. The average molecular weight is 519 g/mol. The van der Waals surface area contributed by atoms with Gasteiger partial charge in [0.15, 0.2) is 0 Å². The van der Waals surface area contributed by atoms with Gasteiger partial charge in [0.05, 0.1) is 11.1 Å². The van der Waals surface area contributed by atoms with Gasteiger partial charge in [-0.3, -0.25) is 9.59 Å². The SMILES string of the molecule is CCCN(c1cccc(-c2ccc(C(=O)N[C@@H](C)C(=O)O)c(C(F)(F)F)c2)c1)c1ccc(Cl)c(C)c1. The lowest BCUT2D eigenvalue weighted by Crippen LogP contribution is -2.39. The topological polar surface area (TPSA) is 69.6 Å². The minimum atomic E-state index is -4.82. The van der Waals surface area contributed by atoms with E-state index < -0.39 is 35.2 Å². The van der Waals surface area contributed by atoms with Crippen LogP contribution in [0.4, 0.5) is 24.5 Å². The average Bonchev–Trinajstić information content (AvgIpc) is 2.83. The van der Waals surface area contributed by atoms with Gasteiger partial charge in [-0.15, -0.1) is 0 Å². The number of rotatable bonds is 8. The van der Waals surface area contributed by atoms with Crippen molar-refractivity contribution in [3.05, 3.63) is 82.4 Å². The molecule has 0 aliphatic rings. The highest BCUT2D eigenvalue weighted by Gasteiger charge is 2.36. The van der Waals surface area contributed by atoms with Crippen LogP contribution in [-0.4, -0.2) is 29.6 Å². The Labute approximate surface area is 212 Å². The molecule has 3 rings (SSSR count). The first-order valence-electron chi connectivity index (χ1n) is 11.3. The van der Waals surface area contributed by atoms with Crippen LogP contribution < -0.4 is 10.2 Å². The summed E-state index contributed by atoms with van der Waals surface area (Å²) >= 11 is 6.18. The van der Waals surface area contributed by atoms with Crippen molar-refractivity contribution in [3.8, 4) is 11.1 Å². The van der Waals surface area contributed by atoms with Crippen molar-refractivity contribution in [2.24, 2.45) is 0 Å². The molecule has 0 fully saturated rings. The Bertz CT molecular complexity index is 1280. The summed E-state index contributed by atoms with van der Waals surface area (Å²) in [4.78, 5) is 25.5. The maximum absolute atomic E-state index is 13.9. The highest BCUT2D eigenvalue weighted by Crippen LogP contribution is 2.37.